The van der Waals surface area contributed by atoms with Crippen LogP contribution in [0.25, 0.3) is 16.6 Å². The summed E-state index contributed by atoms with van der Waals surface area (Å²) in [6.07, 6.45) is 4.24. The predicted octanol–water partition coefficient (Wildman–Crippen LogP) is 3.67. The number of thiophene rings is 1. The fourth-order valence-corrected chi connectivity index (χ4v) is 2.31. The number of aromatic nitrogens is 1. The Hall–Kier alpha value is -1.54. The Morgan fingerprint density at radius 1 is 1.07 bits per heavy atom. The van der Waals surface area contributed by atoms with Gasteiger partial charge in [-0.15, -0.1) is 0 Å². The zero-order valence-corrected chi connectivity index (χ0v) is 8.37. The smallest absolute Gasteiger partial charge is 0.0456 e. The Bertz CT molecular complexity index is 515. The van der Waals surface area contributed by atoms with Crippen molar-refractivity contribution in [1.29, 1.82) is 0 Å². The highest BCUT2D eigenvalue weighted by atomic mass is 32.1. The van der Waals surface area contributed by atoms with Gasteiger partial charge >= 0.3 is 0 Å². The molecule has 0 N–H and O–H groups in total. The number of hydrogen-bond donors (Lipinski definition) is 0. The molecule has 68 valence electrons. The molecule has 3 aromatic heterocycles. The van der Waals surface area contributed by atoms with Gasteiger partial charge in [0.2, 0.25) is 0 Å². The van der Waals surface area contributed by atoms with E-state index in [1.807, 2.05) is 6.07 Å². The van der Waals surface area contributed by atoms with E-state index in [4.69, 9.17) is 0 Å². The molecule has 3 aromatic rings. The number of fused-ring (bicyclic) bond motifs is 1. The third-order valence-electron chi connectivity index (χ3n) is 2.36. The molecule has 0 radical (unpaired) electrons. The van der Waals surface area contributed by atoms with Crippen molar-refractivity contribution in [3.05, 3.63) is 53.5 Å². The van der Waals surface area contributed by atoms with Gasteiger partial charge in [0.1, 0.15) is 0 Å². The monoisotopic (exact) mass is 199 g/mol. The van der Waals surface area contributed by atoms with Crippen LogP contribution in [0.2, 0.25) is 0 Å². The van der Waals surface area contributed by atoms with Gasteiger partial charge in [-0.25, -0.2) is 0 Å². The van der Waals surface area contributed by atoms with Gasteiger partial charge in [0, 0.05) is 23.5 Å². The molecule has 0 saturated heterocycles. The molecular formula is C12H9NS. The molecule has 0 fully saturated rings. The fourth-order valence-electron chi connectivity index (χ4n) is 1.64. The van der Waals surface area contributed by atoms with Crippen LogP contribution in [0.5, 0.6) is 0 Å². The number of hydrogen-bond acceptors (Lipinski definition) is 1. The van der Waals surface area contributed by atoms with Crippen molar-refractivity contribution < 1.29 is 0 Å². The molecule has 0 atom stereocenters. The van der Waals surface area contributed by atoms with Gasteiger partial charge in [0.25, 0.3) is 0 Å². The Balaban J connectivity index is 2.24. The second-order valence-electron chi connectivity index (χ2n) is 3.27. The van der Waals surface area contributed by atoms with E-state index in [1.165, 1.54) is 16.6 Å². The van der Waals surface area contributed by atoms with E-state index >= 15 is 0 Å². The largest absolute Gasteiger partial charge is 0.323 e. The van der Waals surface area contributed by atoms with Crippen LogP contribution >= 0.6 is 11.3 Å². The minimum Gasteiger partial charge on any atom is -0.323 e. The highest BCUT2D eigenvalue weighted by molar-refractivity contribution is 7.08. The Morgan fingerprint density at radius 3 is 2.86 bits per heavy atom. The SMILES string of the molecule is c1ccn2cc(-c3ccsc3)cc2c1. The van der Waals surface area contributed by atoms with Crippen molar-refractivity contribution in [2.75, 3.05) is 0 Å². The second kappa shape index (κ2) is 3.00. The number of nitrogens with zero attached hydrogens (tertiary/aromatic N) is 1. The topological polar surface area (TPSA) is 4.41 Å². The summed E-state index contributed by atoms with van der Waals surface area (Å²) < 4.78 is 2.15. The number of rotatable bonds is 1. The zero-order chi connectivity index (χ0) is 9.38. The lowest BCUT2D eigenvalue weighted by molar-refractivity contribution is 1.20. The van der Waals surface area contributed by atoms with Crippen LogP contribution in [-0.2, 0) is 0 Å². The van der Waals surface area contributed by atoms with Crippen molar-refractivity contribution in [3.63, 3.8) is 0 Å². The summed E-state index contributed by atoms with van der Waals surface area (Å²) in [5.41, 5.74) is 3.84. The molecule has 14 heavy (non-hydrogen) atoms. The molecular weight excluding hydrogens is 190 g/mol. The average Bonchev–Trinajstić information content (AvgIpc) is 2.86. The molecule has 0 unspecified atom stereocenters. The van der Waals surface area contributed by atoms with Crippen molar-refractivity contribution in [3.8, 4) is 11.1 Å². The Morgan fingerprint density at radius 2 is 2.07 bits per heavy atom. The maximum absolute atomic E-state index is 2.21. The molecule has 3 rings (SSSR count). The van der Waals surface area contributed by atoms with Crippen molar-refractivity contribution in [2.45, 2.75) is 0 Å². The summed E-state index contributed by atoms with van der Waals surface area (Å²) in [4.78, 5) is 0. The van der Waals surface area contributed by atoms with Crippen LogP contribution in [0.4, 0.5) is 0 Å². The molecule has 0 aliphatic rings. The lowest BCUT2D eigenvalue weighted by Gasteiger charge is -1.89. The molecule has 0 aliphatic heterocycles. The summed E-state index contributed by atoms with van der Waals surface area (Å²) in [5.74, 6) is 0. The van der Waals surface area contributed by atoms with Gasteiger partial charge in [0.15, 0.2) is 0 Å². The first kappa shape index (κ1) is 7.83. The fraction of sp³-hybridized carbons (Fsp3) is 0. The summed E-state index contributed by atoms with van der Waals surface area (Å²) >= 11 is 1.74. The number of pyridine rings is 1. The van der Waals surface area contributed by atoms with Crippen molar-refractivity contribution >= 4 is 16.9 Å². The lowest BCUT2D eigenvalue weighted by Crippen LogP contribution is -1.76. The van der Waals surface area contributed by atoms with E-state index in [0.29, 0.717) is 0 Å². The summed E-state index contributed by atoms with van der Waals surface area (Å²) in [5, 5.41) is 4.28. The third kappa shape index (κ3) is 1.16. The van der Waals surface area contributed by atoms with Gasteiger partial charge in [-0.1, -0.05) is 6.07 Å². The van der Waals surface area contributed by atoms with E-state index in [-0.39, 0.29) is 0 Å². The third-order valence-corrected chi connectivity index (χ3v) is 3.04. The van der Waals surface area contributed by atoms with Crippen LogP contribution in [0.3, 0.4) is 0 Å². The van der Waals surface area contributed by atoms with E-state index in [1.54, 1.807) is 11.3 Å². The standard InChI is InChI=1S/C12H9NS/c1-2-5-13-8-11(7-12(13)3-1)10-4-6-14-9-10/h1-9H. The van der Waals surface area contributed by atoms with E-state index in [0.717, 1.165) is 0 Å². The second-order valence-corrected chi connectivity index (χ2v) is 4.05. The van der Waals surface area contributed by atoms with Gasteiger partial charge in [-0.3, -0.25) is 0 Å². The molecule has 1 nitrogen and oxygen atoms in total. The summed E-state index contributed by atoms with van der Waals surface area (Å²) in [7, 11) is 0. The molecule has 2 heteroatoms. The quantitative estimate of drug-likeness (QED) is 0.563. The molecule has 0 aliphatic carbocycles. The Kier molecular flexibility index (Phi) is 1.67. The lowest BCUT2D eigenvalue weighted by atomic mass is 10.2. The Labute approximate surface area is 86.2 Å². The van der Waals surface area contributed by atoms with Gasteiger partial charge in [-0.05, 0) is 40.6 Å². The van der Waals surface area contributed by atoms with Gasteiger partial charge in [0.05, 0.1) is 0 Å². The summed E-state index contributed by atoms with van der Waals surface area (Å²) in [6, 6.07) is 10.6. The first-order valence-corrected chi connectivity index (χ1v) is 5.47. The van der Waals surface area contributed by atoms with E-state index in [2.05, 4.69) is 51.8 Å². The van der Waals surface area contributed by atoms with Gasteiger partial charge in [-0.2, -0.15) is 11.3 Å². The minimum absolute atomic E-state index is 1.24. The van der Waals surface area contributed by atoms with Crippen LogP contribution in [0.1, 0.15) is 0 Å². The van der Waals surface area contributed by atoms with E-state index < -0.39 is 0 Å². The molecule has 0 aromatic carbocycles. The maximum atomic E-state index is 2.21. The van der Waals surface area contributed by atoms with Crippen molar-refractivity contribution in [1.82, 2.24) is 4.40 Å². The van der Waals surface area contributed by atoms with Gasteiger partial charge < -0.3 is 4.40 Å². The summed E-state index contributed by atoms with van der Waals surface area (Å²) in [6.45, 7) is 0. The molecule has 0 saturated carbocycles. The molecule has 0 bridgehead atoms. The first-order chi connectivity index (χ1) is 6.93. The van der Waals surface area contributed by atoms with Crippen LogP contribution in [0.15, 0.2) is 53.5 Å². The maximum Gasteiger partial charge on any atom is 0.0456 e. The van der Waals surface area contributed by atoms with Crippen molar-refractivity contribution in [2.24, 2.45) is 0 Å². The van der Waals surface area contributed by atoms with Crippen LogP contribution in [-0.4, -0.2) is 4.40 Å². The minimum atomic E-state index is 1.24. The molecule has 0 spiro atoms. The normalized spacial score (nSPS) is 10.9. The highest BCUT2D eigenvalue weighted by Crippen LogP contribution is 2.24. The molecule has 3 heterocycles. The highest BCUT2D eigenvalue weighted by Gasteiger charge is 2.00. The van der Waals surface area contributed by atoms with Crippen LogP contribution < -0.4 is 0 Å². The molecule has 0 amide bonds. The average molecular weight is 199 g/mol. The zero-order valence-electron chi connectivity index (χ0n) is 7.55. The predicted molar refractivity (Wildman–Crippen MR) is 60.7 cm³/mol. The van der Waals surface area contributed by atoms with Crippen LogP contribution in [0, 0.1) is 0 Å². The van der Waals surface area contributed by atoms with E-state index in [9.17, 15) is 0 Å². The first-order valence-electron chi connectivity index (χ1n) is 4.53.